The normalized spacial score (nSPS) is 13.5. The maximum atomic E-state index is 13.3. The molecule has 3 nitrogen and oxygen atoms in total. The van der Waals surface area contributed by atoms with Gasteiger partial charge in [0.1, 0.15) is 11.6 Å². The summed E-state index contributed by atoms with van der Waals surface area (Å²) in [4.78, 5) is 14.3. The molecule has 1 aliphatic heterocycles. The van der Waals surface area contributed by atoms with Crippen molar-refractivity contribution in [1.29, 1.82) is 0 Å². The molecule has 0 atom stereocenters. The Morgan fingerprint density at radius 3 is 2.59 bits per heavy atom. The quantitative estimate of drug-likeness (QED) is 0.916. The molecule has 1 N–H and O–H groups in total. The van der Waals surface area contributed by atoms with Crippen LogP contribution in [0.2, 0.25) is 0 Å². The van der Waals surface area contributed by atoms with E-state index in [4.69, 9.17) is 0 Å². The van der Waals surface area contributed by atoms with Crippen LogP contribution in [0.15, 0.2) is 36.4 Å². The fourth-order valence-electron chi connectivity index (χ4n) is 2.76. The summed E-state index contributed by atoms with van der Waals surface area (Å²) >= 11 is 0. The average molecular weight is 299 g/mol. The van der Waals surface area contributed by atoms with E-state index in [1.807, 2.05) is 19.9 Å². The molecule has 2 aromatic carbocycles. The van der Waals surface area contributed by atoms with E-state index >= 15 is 0 Å². The van der Waals surface area contributed by atoms with Gasteiger partial charge >= 0.3 is 0 Å². The number of nitrogens with zero attached hydrogens (tertiary/aromatic N) is 1. The SMILES string of the molecule is CC(C)c1ccc(O)c(C(=O)N2Cc3ccc(F)cc3C2)c1. The molecule has 114 valence electrons. The number of hydrogen-bond donors (Lipinski definition) is 1. The summed E-state index contributed by atoms with van der Waals surface area (Å²) in [6.45, 7) is 4.89. The number of benzene rings is 2. The summed E-state index contributed by atoms with van der Waals surface area (Å²) in [5.74, 6) is -0.261. The monoisotopic (exact) mass is 299 g/mol. The van der Waals surface area contributed by atoms with Crippen LogP contribution in [0.25, 0.3) is 0 Å². The fourth-order valence-corrected chi connectivity index (χ4v) is 2.76. The number of fused-ring (bicyclic) bond motifs is 1. The number of phenolic OH excluding ortho intramolecular Hbond substituents is 1. The van der Waals surface area contributed by atoms with Crippen molar-refractivity contribution in [2.45, 2.75) is 32.9 Å². The van der Waals surface area contributed by atoms with Crippen molar-refractivity contribution >= 4 is 5.91 Å². The third-order valence-corrected chi connectivity index (χ3v) is 4.10. The first-order valence-electron chi connectivity index (χ1n) is 7.35. The van der Waals surface area contributed by atoms with Crippen LogP contribution in [-0.4, -0.2) is 15.9 Å². The van der Waals surface area contributed by atoms with E-state index in [1.54, 1.807) is 23.1 Å². The fraction of sp³-hybridized carbons (Fsp3) is 0.278. The van der Waals surface area contributed by atoms with Crippen LogP contribution >= 0.6 is 0 Å². The predicted molar refractivity (Wildman–Crippen MR) is 82.2 cm³/mol. The van der Waals surface area contributed by atoms with Gasteiger partial charge in [0.15, 0.2) is 0 Å². The van der Waals surface area contributed by atoms with Gasteiger partial charge in [-0.15, -0.1) is 0 Å². The second-order valence-electron chi connectivity index (χ2n) is 6.01. The van der Waals surface area contributed by atoms with E-state index in [1.165, 1.54) is 12.1 Å². The number of amides is 1. The molecule has 0 bridgehead atoms. The van der Waals surface area contributed by atoms with Crippen LogP contribution in [0.1, 0.15) is 46.8 Å². The minimum Gasteiger partial charge on any atom is -0.507 e. The van der Waals surface area contributed by atoms with Crippen molar-refractivity contribution in [3.63, 3.8) is 0 Å². The molecule has 0 fully saturated rings. The van der Waals surface area contributed by atoms with Gasteiger partial charge in [0, 0.05) is 13.1 Å². The Kier molecular flexibility index (Phi) is 3.61. The number of carbonyl (C=O) groups excluding carboxylic acids is 1. The zero-order valence-corrected chi connectivity index (χ0v) is 12.6. The lowest BCUT2D eigenvalue weighted by Gasteiger charge is -2.17. The summed E-state index contributed by atoms with van der Waals surface area (Å²) in [5, 5.41) is 10.0. The molecule has 0 radical (unpaired) electrons. The van der Waals surface area contributed by atoms with Crippen LogP contribution in [0, 0.1) is 5.82 Å². The second kappa shape index (κ2) is 5.44. The second-order valence-corrected chi connectivity index (χ2v) is 6.01. The van der Waals surface area contributed by atoms with Gasteiger partial charge in [-0.1, -0.05) is 26.0 Å². The van der Waals surface area contributed by atoms with Crippen LogP contribution in [0.5, 0.6) is 5.75 Å². The van der Waals surface area contributed by atoms with Gasteiger partial charge in [-0.05, 0) is 46.9 Å². The Morgan fingerprint density at radius 1 is 1.14 bits per heavy atom. The van der Waals surface area contributed by atoms with Crippen LogP contribution in [-0.2, 0) is 13.1 Å². The lowest BCUT2D eigenvalue weighted by Crippen LogP contribution is -2.25. The summed E-state index contributed by atoms with van der Waals surface area (Å²) in [7, 11) is 0. The molecule has 1 amide bonds. The molecular weight excluding hydrogens is 281 g/mol. The molecular formula is C18H18FNO2. The van der Waals surface area contributed by atoms with E-state index in [0.29, 0.717) is 18.7 Å². The summed E-state index contributed by atoms with van der Waals surface area (Å²) in [6, 6.07) is 9.71. The maximum Gasteiger partial charge on any atom is 0.258 e. The first-order valence-corrected chi connectivity index (χ1v) is 7.35. The Hall–Kier alpha value is -2.36. The first-order chi connectivity index (χ1) is 10.5. The zero-order valence-electron chi connectivity index (χ0n) is 12.6. The molecule has 0 aliphatic carbocycles. The third kappa shape index (κ3) is 2.56. The van der Waals surface area contributed by atoms with Crippen molar-refractivity contribution < 1.29 is 14.3 Å². The number of hydrogen-bond acceptors (Lipinski definition) is 2. The highest BCUT2D eigenvalue weighted by Crippen LogP contribution is 2.29. The van der Waals surface area contributed by atoms with Crippen LogP contribution in [0.4, 0.5) is 4.39 Å². The Morgan fingerprint density at radius 2 is 1.86 bits per heavy atom. The smallest absolute Gasteiger partial charge is 0.258 e. The van der Waals surface area contributed by atoms with Gasteiger partial charge < -0.3 is 10.0 Å². The Balaban J connectivity index is 1.88. The highest BCUT2D eigenvalue weighted by Gasteiger charge is 2.26. The summed E-state index contributed by atoms with van der Waals surface area (Å²) in [5.41, 5.74) is 3.09. The molecule has 1 aliphatic rings. The summed E-state index contributed by atoms with van der Waals surface area (Å²) < 4.78 is 13.3. The molecule has 0 unspecified atom stereocenters. The summed E-state index contributed by atoms with van der Waals surface area (Å²) in [6.07, 6.45) is 0. The topological polar surface area (TPSA) is 40.5 Å². The van der Waals surface area contributed by atoms with Gasteiger partial charge in [-0.3, -0.25) is 4.79 Å². The molecule has 0 spiro atoms. The van der Waals surface area contributed by atoms with E-state index in [-0.39, 0.29) is 23.4 Å². The van der Waals surface area contributed by atoms with Crippen molar-refractivity contribution in [3.8, 4) is 5.75 Å². The van der Waals surface area contributed by atoms with Crippen molar-refractivity contribution in [1.82, 2.24) is 4.90 Å². The molecule has 22 heavy (non-hydrogen) atoms. The minimum absolute atomic E-state index is 0.0171. The number of phenols is 1. The maximum absolute atomic E-state index is 13.3. The molecule has 2 aromatic rings. The molecule has 3 rings (SSSR count). The van der Waals surface area contributed by atoms with E-state index in [2.05, 4.69) is 0 Å². The van der Waals surface area contributed by atoms with Crippen LogP contribution < -0.4 is 0 Å². The van der Waals surface area contributed by atoms with Crippen molar-refractivity contribution in [3.05, 3.63) is 64.5 Å². The van der Waals surface area contributed by atoms with E-state index in [9.17, 15) is 14.3 Å². The van der Waals surface area contributed by atoms with E-state index in [0.717, 1.165) is 16.7 Å². The molecule has 0 aromatic heterocycles. The highest BCUT2D eigenvalue weighted by molar-refractivity contribution is 5.97. The van der Waals surface area contributed by atoms with Gasteiger partial charge in [-0.25, -0.2) is 4.39 Å². The average Bonchev–Trinajstić information content (AvgIpc) is 2.89. The largest absolute Gasteiger partial charge is 0.507 e. The number of rotatable bonds is 2. The standard InChI is InChI=1S/C18H18FNO2/c1-11(2)12-4-6-17(21)16(8-12)18(22)20-9-13-3-5-15(19)7-14(13)10-20/h3-8,11,21H,9-10H2,1-2H3. The predicted octanol–water partition coefficient (Wildman–Crippen LogP) is 3.81. The number of carbonyl (C=O) groups is 1. The molecule has 0 saturated carbocycles. The lowest BCUT2D eigenvalue weighted by molar-refractivity contribution is 0.0748. The Bertz CT molecular complexity index is 740. The van der Waals surface area contributed by atoms with Crippen molar-refractivity contribution in [2.75, 3.05) is 0 Å². The van der Waals surface area contributed by atoms with Crippen molar-refractivity contribution in [2.24, 2.45) is 0 Å². The molecule has 0 saturated heterocycles. The highest BCUT2D eigenvalue weighted by atomic mass is 19.1. The zero-order chi connectivity index (χ0) is 15.9. The van der Waals surface area contributed by atoms with E-state index < -0.39 is 0 Å². The number of aromatic hydroxyl groups is 1. The first kappa shape index (κ1) is 14.6. The van der Waals surface area contributed by atoms with Gasteiger partial charge in [0.25, 0.3) is 5.91 Å². The minimum atomic E-state index is -0.294. The lowest BCUT2D eigenvalue weighted by atomic mass is 10.00. The molecule has 1 heterocycles. The molecule has 4 heteroatoms. The van der Waals surface area contributed by atoms with Gasteiger partial charge in [0.2, 0.25) is 0 Å². The van der Waals surface area contributed by atoms with Gasteiger partial charge in [-0.2, -0.15) is 0 Å². The number of halogens is 1. The van der Waals surface area contributed by atoms with Gasteiger partial charge in [0.05, 0.1) is 5.56 Å². The van der Waals surface area contributed by atoms with Crippen LogP contribution in [0.3, 0.4) is 0 Å². The Labute approximate surface area is 129 Å². The third-order valence-electron chi connectivity index (χ3n) is 4.10.